The number of hydrogen-bond acceptors (Lipinski definition) is 3. The lowest BCUT2D eigenvalue weighted by molar-refractivity contribution is 0.0939. The Morgan fingerprint density at radius 1 is 1.24 bits per heavy atom. The molecule has 2 aromatic carbocycles. The zero-order valence-corrected chi connectivity index (χ0v) is 14.3. The average molecular weight is 335 g/mol. The number of imidazole rings is 1. The Bertz CT molecular complexity index is 826. The molecule has 0 aliphatic heterocycles. The Balaban J connectivity index is 1.68. The second-order valence-corrected chi connectivity index (χ2v) is 5.89. The SMILES string of the molecule is COCc1cccc(C(=O)N[C@H](C)c2ccc(-n3ccnc3)cc2)c1. The third-order valence-electron chi connectivity index (χ3n) is 4.04. The van der Waals surface area contributed by atoms with E-state index in [1.165, 1.54) is 0 Å². The normalized spacial score (nSPS) is 11.9. The van der Waals surface area contributed by atoms with Gasteiger partial charge in [0.25, 0.3) is 5.91 Å². The van der Waals surface area contributed by atoms with E-state index in [4.69, 9.17) is 4.74 Å². The molecule has 5 nitrogen and oxygen atoms in total. The molecule has 0 spiro atoms. The van der Waals surface area contributed by atoms with Crippen LogP contribution in [0, 0.1) is 0 Å². The molecular formula is C20H21N3O2. The molecule has 1 amide bonds. The summed E-state index contributed by atoms with van der Waals surface area (Å²) in [6, 6.07) is 15.4. The van der Waals surface area contributed by atoms with Crippen molar-refractivity contribution in [2.75, 3.05) is 7.11 Å². The second-order valence-electron chi connectivity index (χ2n) is 5.89. The number of benzene rings is 2. The van der Waals surface area contributed by atoms with Crippen molar-refractivity contribution in [2.24, 2.45) is 0 Å². The monoisotopic (exact) mass is 335 g/mol. The fourth-order valence-electron chi connectivity index (χ4n) is 2.68. The van der Waals surface area contributed by atoms with E-state index in [9.17, 15) is 4.79 Å². The van der Waals surface area contributed by atoms with Gasteiger partial charge < -0.3 is 14.6 Å². The van der Waals surface area contributed by atoms with Gasteiger partial charge in [-0.05, 0) is 42.3 Å². The van der Waals surface area contributed by atoms with E-state index in [1.807, 2.05) is 66.2 Å². The number of methoxy groups -OCH3 is 1. The molecule has 25 heavy (non-hydrogen) atoms. The lowest BCUT2D eigenvalue weighted by Crippen LogP contribution is -2.26. The molecular weight excluding hydrogens is 314 g/mol. The lowest BCUT2D eigenvalue weighted by Gasteiger charge is -2.15. The van der Waals surface area contributed by atoms with E-state index in [-0.39, 0.29) is 11.9 Å². The van der Waals surface area contributed by atoms with E-state index < -0.39 is 0 Å². The number of hydrogen-bond donors (Lipinski definition) is 1. The Morgan fingerprint density at radius 2 is 2.04 bits per heavy atom. The minimum atomic E-state index is -0.0934. The maximum Gasteiger partial charge on any atom is 0.251 e. The van der Waals surface area contributed by atoms with Crippen LogP contribution in [0.3, 0.4) is 0 Å². The van der Waals surface area contributed by atoms with E-state index in [0.717, 1.165) is 16.8 Å². The maximum absolute atomic E-state index is 12.5. The van der Waals surface area contributed by atoms with Crippen molar-refractivity contribution in [3.8, 4) is 5.69 Å². The first-order valence-corrected chi connectivity index (χ1v) is 8.14. The highest BCUT2D eigenvalue weighted by atomic mass is 16.5. The maximum atomic E-state index is 12.5. The van der Waals surface area contributed by atoms with Crippen LogP contribution in [0.25, 0.3) is 5.69 Å². The molecule has 3 rings (SSSR count). The molecule has 0 bridgehead atoms. The van der Waals surface area contributed by atoms with Crippen LogP contribution in [-0.2, 0) is 11.3 Å². The molecule has 0 saturated carbocycles. The van der Waals surface area contributed by atoms with Crippen LogP contribution in [-0.4, -0.2) is 22.6 Å². The van der Waals surface area contributed by atoms with Crippen molar-refractivity contribution in [2.45, 2.75) is 19.6 Å². The van der Waals surface area contributed by atoms with Crippen LogP contribution in [0.2, 0.25) is 0 Å². The minimum absolute atomic E-state index is 0.0876. The minimum Gasteiger partial charge on any atom is -0.380 e. The topological polar surface area (TPSA) is 56.1 Å². The molecule has 0 aliphatic rings. The molecule has 0 radical (unpaired) electrons. The molecule has 0 fully saturated rings. The van der Waals surface area contributed by atoms with Crippen molar-refractivity contribution in [3.63, 3.8) is 0 Å². The third-order valence-corrected chi connectivity index (χ3v) is 4.04. The van der Waals surface area contributed by atoms with Crippen LogP contribution in [0.4, 0.5) is 0 Å². The van der Waals surface area contributed by atoms with Gasteiger partial charge in [0, 0.05) is 30.8 Å². The molecule has 1 aromatic heterocycles. The van der Waals surface area contributed by atoms with Gasteiger partial charge in [0.15, 0.2) is 0 Å². The first-order chi connectivity index (χ1) is 12.2. The fourth-order valence-corrected chi connectivity index (χ4v) is 2.68. The first-order valence-electron chi connectivity index (χ1n) is 8.14. The smallest absolute Gasteiger partial charge is 0.251 e. The molecule has 128 valence electrons. The molecule has 0 unspecified atom stereocenters. The lowest BCUT2D eigenvalue weighted by atomic mass is 10.1. The van der Waals surface area contributed by atoms with Crippen LogP contribution < -0.4 is 5.32 Å². The Labute approximate surface area is 147 Å². The summed E-state index contributed by atoms with van der Waals surface area (Å²) in [5.41, 5.74) is 3.70. The Morgan fingerprint density at radius 3 is 2.72 bits per heavy atom. The van der Waals surface area contributed by atoms with Gasteiger partial charge >= 0.3 is 0 Å². The van der Waals surface area contributed by atoms with Gasteiger partial charge in [-0.3, -0.25) is 4.79 Å². The number of carbonyl (C=O) groups is 1. The standard InChI is InChI=1S/C20H21N3O2/c1-15(17-6-8-19(9-7-17)23-11-10-21-14-23)22-20(24)18-5-3-4-16(12-18)13-25-2/h3-12,14-15H,13H2,1-2H3,(H,22,24)/t15-/m1/s1. The van der Waals surface area contributed by atoms with Crippen LogP contribution in [0.5, 0.6) is 0 Å². The molecule has 0 saturated heterocycles. The second kappa shape index (κ2) is 7.77. The molecule has 1 N–H and O–H groups in total. The van der Waals surface area contributed by atoms with E-state index in [0.29, 0.717) is 12.2 Å². The highest BCUT2D eigenvalue weighted by Gasteiger charge is 2.12. The summed E-state index contributed by atoms with van der Waals surface area (Å²) >= 11 is 0. The predicted molar refractivity (Wildman–Crippen MR) is 96.6 cm³/mol. The summed E-state index contributed by atoms with van der Waals surface area (Å²) in [6.45, 7) is 2.47. The van der Waals surface area contributed by atoms with Gasteiger partial charge in [-0.2, -0.15) is 0 Å². The summed E-state index contributed by atoms with van der Waals surface area (Å²) in [4.78, 5) is 16.5. The largest absolute Gasteiger partial charge is 0.380 e. The van der Waals surface area contributed by atoms with Gasteiger partial charge in [-0.1, -0.05) is 24.3 Å². The number of nitrogens with one attached hydrogen (secondary N) is 1. The van der Waals surface area contributed by atoms with Crippen LogP contribution >= 0.6 is 0 Å². The first kappa shape index (κ1) is 16.9. The van der Waals surface area contributed by atoms with E-state index in [2.05, 4.69) is 10.3 Å². The van der Waals surface area contributed by atoms with Gasteiger partial charge in [-0.25, -0.2) is 4.98 Å². The molecule has 5 heteroatoms. The zero-order valence-electron chi connectivity index (χ0n) is 14.3. The van der Waals surface area contributed by atoms with Gasteiger partial charge in [-0.15, -0.1) is 0 Å². The number of carbonyl (C=O) groups excluding carboxylic acids is 1. The number of rotatable bonds is 6. The fraction of sp³-hybridized carbons (Fsp3) is 0.200. The number of nitrogens with zero attached hydrogens (tertiary/aromatic N) is 2. The van der Waals surface area contributed by atoms with Crippen molar-refractivity contribution >= 4 is 5.91 Å². The Kier molecular flexibility index (Phi) is 5.26. The number of aromatic nitrogens is 2. The summed E-state index contributed by atoms with van der Waals surface area (Å²) in [5, 5.41) is 3.04. The van der Waals surface area contributed by atoms with Crippen molar-refractivity contribution in [3.05, 3.63) is 83.9 Å². The van der Waals surface area contributed by atoms with Crippen LogP contribution in [0.15, 0.2) is 67.3 Å². The van der Waals surface area contributed by atoms with Crippen molar-refractivity contribution < 1.29 is 9.53 Å². The highest BCUT2D eigenvalue weighted by Crippen LogP contribution is 2.16. The average Bonchev–Trinajstić information content (AvgIpc) is 3.17. The summed E-state index contributed by atoms with van der Waals surface area (Å²) in [7, 11) is 1.64. The van der Waals surface area contributed by atoms with Crippen LogP contribution in [0.1, 0.15) is 34.5 Å². The summed E-state index contributed by atoms with van der Waals surface area (Å²) < 4.78 is 7.06. The van der Waals surface area contributed by atoms with Gasteiger partial charge in [0.05, 0.1) is 19.0 Å². The third kappa shape index (κ3) is 4.14. The molecule has 1 heterocycles. The summed E-state index contributed by atoms with van der Waals surface area (Å²) in [6.07, 6.45) is 5.40. The molecule has 1 atom stereocenters. The molecule has 0 aliphatic carbocycles. The van der Waals surface area contributed by atoms with E-state index >= 15 is 0 Å². The van der Waals surface area contributed by atoms with Gasteiger partial charge in [0.1, 0.15) is 0 Å². The number of amides is 1. The van der Waals surface area contributed by atoms with E-state index in [1.54, 1.807) is 19.6 Å². The zero-order chi connectivity index (χ0) is 17.6. The number of ether oxygens (including phenoxy) is 1. The quantitative estimate of drug-likeness (QED) is 0.750. The predicted octanol–water partition coefficient (Wildman–Crippen LogP) is 3.51. The van der Waals surface area contributed by atoms with Crippen molar-refractivity contribution in [1.29, 1.82) is 0 Å². The van der Waals surface area contributed by atoms with Gasteiger partial charge in [0.2, 0.25) is 0 Å². The highest BCUT2D eigenvalue weighted by molar-refractivity contribution is 5.94. The summed E-state index contributed by atoms with van der Waals surface area (Å²) in [5.74, 6) is -0.0934. The Hall–Kier alpha value is -2.92. The van der Waals surface area contributed by atoms with Crippen molar-refractivity contribution in [1.82, 2.24) is 14.9 Å². The molecule has 3 aromatic rings.